The predicted molar refractivity (Wildman–Crippen MR) is 274 cm³/mol. The van der Waals surface area contributed by atoms with E-state index >= 15 is 0 Å². The standard InChI is InChI=1S/C27H44O7Si.C26H40O7Si.CH3.BrH.Mg/c1-14-11-19-26(30,13-32-19)21-23(33-17(4)28)27(31)12-18(34-35(8,9)10)15(2)20(24(27,5)6)16(3)22(29)25(14,21)7;1-13-10-17-25(29,12-30-17)19-21-26(32-22(28)31-21)11-16(33-34(7,8)9)14(2)18(23(26,4)5)15(3)20(27)24(13,19)6;;;/h14,16,18-19,21,23,30-31H,11-13H2,1-10H3;13,15-17,19,21,29H,10-12H2,1-9H3;1H3;1H;/q;;-1;;+2/p-1/t14-,16+,18-,19+,21?,23-,25+,26-,27+;13-,15+,16-,17+,19?,21-,24+,25-,26+;;;/m00.../s1. The molecule has 14 nitrogen and oxygen atoms in total. The molecule has 0 radical (unpaired) electrons. The van der Waals surface area contributed by atoms with Crippen molar-refractivity contribution in [3.8, 4) is 0 Å². The largest absolute Gasteiger partial charge is 2.00 e. The minimum atomic E-state index is -2.03. The summed E-state index contributed by atoms with van der Waals surface area (Å²) in [6.45, 7) is 38.1. The van der Waals surface area contributed by atoms with Crippen LogP contribution in [0.15, 0.2) is 22.3 Å². The second kappa shape index (κ2) is 19.1. The maximum absolute atomic E-state index is 14.5. The number of ether oxygens (including phenoxy) is 5. The molecule has 6 aliphatic carbocycles. The van der Waals surface area contributed by atoms with E-state index in [0.717, 1.165) is 22.3 Å². The number of halogens is 1. The first-order valence-electron chi connectivity index (χ1n) is 25.7. The molecule has 9 rings (SSSR count). The minimum Gasteiger partial charge on any atom is -1.00 e. The van der Waals surface area contributed by atoms with Gasteiger partial charge in [-0.2, -0.15) is 0 Å². The molecule has 1 spiro atoms. The molecule has 7 fully saturated rings. The van der Waals surface area contributed by atoms with Gasteiger partial charge in [-0.15, -0.1) is 0 Å². The van der Waals surface area contributed by atoms with E-state index in [-0.39, 0.29) is 103 Å². The number of carbonyl (C=O) groups is 4. The molecule has 3 saturated heterocycles. The van der Waals surface area contributed by atoms with Crippen LogP contribution in [0, 0.1) is 64.6 Å². The number of hydrogen-bond donors (Lipinski definition) is 3. The number of ketones is 2. The van der Waals surface area contributed by atoms with E-state index in [9.17, 15) is 34.5 Å². The average molecular weight is 1120 g/mol. The quantitative estimate of drug-likeness (QED) is 0.145. The van der Waals surface area contributed by atoms with Gasteiger partial charge in [-0.25, -0.2) is 4.79 Å². The Balaban J connectivity index is 0.000000257. The Morgan fingerprint density at radius 1 is 0.667 bits per heavy atom. The van der Waals surface area contributed by atoms with E-state index in [1.807, 2.05) is 55.4 Å². The summed E-state index contributed by atoms with van der Waals surface area (Å²) in [6, 6.07) is 0. The van der Waals surface area contributed by atoms with Crippen molar-refractivity contribution in [1.82, 2.24) is 0 Å². The van der Waals surface area contributed by atoms with E-state index in [2.05, 4.69) is 67.0 Å². The summed E-state index contributed by atoms with van der Waals surface area (Å²) in [5, 5.41) is 36.7. The Kier molecular flexibility index (Phi) is 16.4. The molecule has 2 unspecified atom stereocenters. The molecule has 0 aromatic rings. The van der Waals surface area contributed by atoms with Gasteiger partial charge in [0.15, 0.2) is 28.3 Å². The van der Waals surface area contributed by atoms with Crippen LogP contribution >= 0.6 is 0 Å². The molecule has 18 atom stereocenters. The van der Waals surface area contributed by atoms with E-state index in [0.29, 0.717) is 19.3 Å². The maximum atomic E-state index is 14.5. The number of aliphatic hydroxyl groups is 3. The van der Waals surface area contributed by atoms with Gasteiger partial charge in [0.05, 0.1) is 37.6 Å². The first-order chi connectivity index (χ1) is 31.3. The molecule has 4 saturated carbocycles. The molecule has 4 bridgehead atoms. The van der Waals surface area contributed by atoms with Crippen molar-refractivity contribution in [2.45, 2.75) is 214 Å². The van der Waals surface area contributed by atoms with Gasteiger partial charge < -0.3 is 72.3 Å². The van der Waals surface area contributed by atoms with Gasteiger partial charge in [0.2, 0.25) is 0 Å². The fourth-order valence-electron chi connectivity index (χ4n) is 16.3. The van der Waals surface area contributed by atoms with E-state index in [4.69, 9.17) is 32.5 Å². The van der Waals surface area contributed by atoms with Crippen LogP contribution in [0.1, 0.15) is 116 Å². The number of esters is 1. The van der Waals surface area contributed by atoms with Crippen molar-refractivity contribution in [3.05, 3.63) is 29.7 Å². The van der Waals surface area contributed by atoms with E-state index in [1.54, 1.807) is 0 Å². The van der Waals surface area contributed by atoms with Gasteiger partial charge in [0.1, 0.15) is 34.5 Å². The van der Waals surface area contributed by atoms with Gasteiger partial charge in [0, 0.05) is 65.1 Å². The predicted octanol–water partition coefficient (Wildman–Crippen LogP) is 4.94. The molecule has 404 valence electrons. The summed E-state index contributed by atoms with van der Waals surface area (Å²) in [7, 11) is -4.00. The third kappa shape index (κ3) is 8.47. The Labute approximate surface area is 458 Å². The molecule has 0 aromatic heterocycles. The first kappa shape index (κ1) is 61.8. The topological polar surface area (TPSA) is 194 Å². The van der Waals surface area contributed by atoms with Crippen molar-refractivity contribution < 1.29 is 84.0 Å². The number of Topliss-reactive ketones (excluding diaryl/α,β-unsaturated/α-hetero) is 2. The van der Waals surface area contributed by atoms with Crippen LogP contribution in [0.2, 0.25) is 39.3 Å². The zero-order chi connectivity index (χ0) is 51.7. The summed E-state index contributed by atoms with van der Waals surface area (Å²) in [6.07, 6.45) is -2.35. The Morgan fingerprint density at radius 3 is 1.47 bits per heavy atom. The van der Waals surface area contributed by atoms with Crippen molar-refractivity contribution >= 4 is 63.4 Å². The normalized spacial score (nSPS) is 46.3. The Hall–Kier alpha value is -1.04. The second-order valence-electron chi connectivity index (χ2n) is 26.6. The number of fused-ring (bicyclic) bond motifs is 10. The molecule has 0 amide bonds. The summed E-state index contributed by atoms with van der Waals surface area (Å²) >= 11 is 0. The van der Waals surface area contributed by atoms with Crippen molar-refractivity contribution in [2.24, 2.45) is 57.2 Å². The SMILES string of the molecule is CC(=O)O[C@H]1C2[C@]3(O)CO[C@@H]3C[C@H](C)[C@@]2(C)C(=O)[C@H](C)C2=C(C)[C@@H](O[Si](C)(C)C)C[C@]1(O)C2(C)C.CC1=C2[C@@H](C)C(=O)[C@@]3(C)C([C@@H]4OC(=O)O[C@@]4(C[C@@H]1O[Si](C)(C)C)C2(C)C)[C@]1(O)CO[C@@H]1C[C@@H]3C.[Br-].[CH3-].[Mg+2]. The van der Waals surface area contributed by atoms with Crippen LogP contribution in [0.5, 0.6) is 0 Å². The van der Waals surface area contributed by atoms with Crippen molar-refractivity contribution in [1.29, 1.82) is 0 Å². The van der Waals surface area contributed by atoms with Gasteiger partial charge >= 0.3 is 35.2 Å². The average Bonchev–Trinajstić information content (AvgIpc) is 3.53. The monoisotopic (exact) mass is 1120 g/mol. The van der Waals surface area contributed by atoms with Crippen LogP contribution in [0.4, 0.5) is 4.79 Å². The van der Waals surface area contributed by atoms with Crippen LogP contribution in [-0.2, 0) is 46.9 Å². The smallest absolute Gasteiger partial charge is 1.00 e. The van der Waals surface area contributed by atoms with Crippen LogP contribution < -0.4 is 17.0 Å². The summed E-state index contributed by atoms with van der Waals surface area (Å²) < 4.78 is 43.0. The molecule has 72 heavy (non-hydrogen) atoms. The Bertz CT molecular complexity index is 2270. The molecule has 3 aliphatic heterocycles. The minimum absolute atomic E-state index is 0. The van der Waals surface area contributed by atoms with Gasteiger partial charge in [0.25, 0.3) is 0 Å². The maximum Gasteiger partial charge on any atom is 2.00 e. The number of carbonyl (C=O) groups excluding carboxylic acids is 4. The molecule has 0 aromatic carbocycles. The van der Waals surface area contributed by atoms with E-state index < -0.39 is 121 Å². The summed E-state index contributed by atoms with van der Waals surface area (Å²) in [5.74, 6) is -2.95. The van der Waals surface area contributed by atoms with Crippen molar-refractivity contribution in [2.75, 3.05) is 13.2 Å². The zero-order valence-electron chi connectivity index (χ0n) is 47.1. The number of hydrogen-bond acceptors (Lipinski definition) is 14. The third-order valence-electron chi connectivity index (χ3n) is 20.0. The van der Waals surface area contributed by atoms with E-state index in [1.165, 1.54) is 6.92 Å². The van der Waals surface area contributed by atoms with Gasteiger partial charge in [-0.05, 0) is 100 Å². The fourth-order valence-corrected chi connectivity index (χ4v) is 18.6. The van der Waals surface area contributed by atoms with Crippen LogP contribution in [-0.4, -0.2) is 151 Å². The fraction of sp³-hybridized carbons (Fsp3) is 0.833. The second-order valence-corrected chi connectivity index (χ2v) is 35.5. The third-order valence-corrected chi connectivity index (χ3v) is 22.0. The molecular weight excluding hydrogens is 1030 g/mol. The molecular formula is C54H87BrMgO14Si2. The van der Waals surface area contributed by atoms with Gasteiger partial charge in [-0.1, -0.05) is 69.2 Å². The van der Waals surface area contributed by atoms with Gasteiger partial charge in [-0.3, -0.25) is 14.4 Å². The molecule has 18 heteroatoms. The van der Waals surface area contributed by atoms with Crippen molar-refractivity contribution in [3.63, 3.8) is 0 Å². The Morgan fingerprint density at radius 2 is 1.07 bits per heavy atom. The zero-order valence-corrected chi connectivity index (χ0v) is 52.1. The first-order valence-corrected chi connectivity index (χ1v) is 32.5. The molecule has 3 N–H and O–H groups in total. The molecule has 3 heterocycles. The number of rotatable bonds is 5. The molecule has 9 aliphatic rings. The summed E-state index contributed by atoms with van der Waals surface area (Å²) in [4.78, 5) is 54.5. The summed E-state index contributed by atoms with van der Waals surface area (Å²) in [5.41, 5.74) is -4.83. The van der Waals surface area contributed by atoms with Crippen LogP contribution in [0.25, 0.3) is 0 Å². The van der Waals surface area contributed by atoms with Crippen LogP contribution in [0.3, 0.4) is 0 Å².